The number of rotatable bonds is 4. The van der Waals surface area contributed by atoms with Gasteiger partial charge in [-0.05, 0) is 46.2 Å². The minimum absolute atomic E-state index is 0.00150. The summed E-state index contributed by atoms with van der Waals surface area (Å²) in [5.74, 6) is -0.248. The van der Waals surface area contributed by atoms with E-state index in [1.54, 1.807) is 0 Å². The van der Waals surface area contributed by atoms with E-state index in [9.17, 15) is 14.1 Å². The molecule has 27 heavy (non-hydrogen) atoms. The van der Waals surface area contributed by atoms with Crippen LogP contribution in [0.4, 0.5) is 10.5 Å². The van der Waals surface area contributed by atoms with Gasteiger partial charge in [-0.3, -0.25) is 14.6 Å². The van der Waals surface area contributed by atoms with Crippen molar-refractivity contribution in [2.24, 2.45) is 0 Å². The van der Waals surface area contributed by atoms with Gasteiger partial charge in [-0.25, -0.2) is 9.78 Å². The number of fused-ring (bicyclic) bond motifs is 1. The molecule has 2 aromatic rings. The number of nitrogens with zero attached hydrogens (tertiary/aromatic N) is 4. The van der Waals surface area contributed by atoms with Crippen LogP contribution in [0, 0.1) is 6.92 Å². The zero-order chi connectivity index (χ0) is 20.1. The lowest BCUT2D eigenvalue weighted by Gasteiger charge is -2.25. The zero-order valence-corrected chi connectivity index (χ0v) is 17.3. The highest BCUT2D eigenvalue weighted by atomic mass is 32.2. The van der Waals surface area contributed by atoms with Crippen LogP contribution in [0.2, 0.25) is 0 Å². The number of urea groups is 1. The summed E-state index contributed by atoms with van der Waals surface area (Å²) in [6.07, 6.45) is 3.77. The quantitative estimate of drug-likeness (QED) is 0.637. The number of pyridine rings is 1. The first-order chi connectivity index (χ1) is 12.5. The number of nitrogens with one attached hydrogen (secondary N) is 1. The number of anilines is 1. The molecule has 9 heteroatoms. The molecule has 0 aliphatic carbocycles. The number of aromatic nitrogens is 2. The summed E-state index contributed by atoms with van der Waals surface area (Å²) in [6.45, 7) is 9.53. The Hall–Kier alpha value is -2.10. The maximum Gasteiger partial charge on any atom is 0.331 e. The molecule has 1 N–H and O–H groups in total. The Bertz CT molecular complexity index is 904. The van der Waals surface area contributed by atoms with Gasteiger partial charge in [0.15, 0.2) is 5.65 Å². The number of amides is 3. The van der Waals surface area contributed by atoms with Crippen LogP contribution in [0.1, 0.15) is 45.0 Å². The molecular formula is C18H25N5O3S. The fraction of sp³-hybridized carbons (Fsp3) is 0.500. The summed E-state index contributed by atoms with van der Waals surface area (Å²) in [4.78, 5) is 31.5. The molecule has 3 amide bonds. The largest absolute Gasteiger partial charge is 0.598 e. The van der Waals surface area contributed by atoms with Gasteiger partial charge in [-0.2, -0.15) is 0 Å². The maximum atomic E-state index is 12.4. The highest BCUT2D eigenvalue weighted by Crippen LogP contribution is 2.28. The molecule has 2 aromatic heterocycles. The van der Waals surface area contributed by atoms with E-state index < -0.39 is 11.4 Å². The Kier molecular flexibility index (Phi) is 4.96. The van der Waals surface area contributed by atoms with Gasteiger partial charge < -0.3 is 8.95 Å². The van der Waals surface area contributed by atoms with Crippen molar-refractivity contribution in [1.82, 2.24) is 19.0 Å². The summed E-state index contributed by atoms with van der Waals surface area (Å²) in [5.41, 5.74) is 2.83. The maximum absolute atomic E-state index is 12.4. The van der Waals surface area contributed by atoms with Gasteiger partial charge in [0, 0.05) is 30.8 Å². The third-order valence-electron chi connectivity index (χ3n) is 4.45. The smallest absolute Gasteiger partial charge is 0.331 e. The fourth-order valence-corrected chi connectivity index (χ4v) is 3.62. The van der Waals surface area contributed by atoms with E-state index in [0.29, 0.717) is 17.0 Å². The van der Waals surface area contributed by atoms with Crippen molar-refractivity contribution in [3.8, 4) is 0 Å². The average Bonchev–Trinajstić information content (AvgIpc) is 3.10. The van der Waals surface area contributed by atoms with Gasteiger partial charge in [0.2, 0.25) is 5.91 Å². The lowest BCUT2D eigenvalue weighted by atomic mass is 10.2. The number of imidazole rings is 1. The molecule has 0 radical (unpaired) electrons. The van der Waals surface area contributed by atoms with Crippen LogP contribution in [-0.4, -0.2) is 49.1 Å². The van der Waals surface area contributed by atoms with Crippen molar-refractivity contribution in [1.29, 1.82) is 0 Å². The van der Waals surface area contributed by atoms with Gasteiger partial charge in [0.05, 0.1) is 17.4 Å². The normalized spacial score (nSPS) is 17.9. The van der Waals surface area contributed by atoms with E-state index in [4.69, 9.17) is 0 Å². The summed E-state index contributed by atoms with van der Waals surface area (Å²) in [7, 11) is 1.47. The van der Waals surface area contributed by atoms with Crippen molar-refractivity contribution >= 4 is 34.6 Å². The Labute approximate surface area is 161 Å². The van der Waals surface area contributed by atoms with Crippen LogP contribution in [0.5, 0.6) is 0 Å². The molecule has 0 spiro atoms. The Morgan fingerprint density at radius 2 is 1.96 bits per heavy atom. The third-order valence-corrected chi connectivity index (χ3v) is 6.13. The van der Waals surface area contributed by atoms with Crippen molar-refractivity contribution in [3.05, 3.63) is 29.7 Å². The molecule has 2 atom stereocenters. The number of likely N-dealkylation sites (N-methyl/N-ethyl adjacent to an activating group) is 1. The first kappa shape index (κ1) is 19.7. The predicted molar refractivity (Wildman–Crippen MR) is 105 cm³/mol. The van der Waals surface area contributed by atoms with Crippen LogP contribution in [-0.2, 0) is 16.2 Å². The first-order valence-electron chi connectivity index (χ1n) is 8.74. The molecule has 8 nitrogen and oxygen atoms in total. The molecule has 0 bridgehead atoms. The van der Waals surface area contributed by atoms with Gasteiger partial charge in [-0.15, -0.1) is 4.72 Å². The first-order valence-corrected chi connectivity index (χ1v) is 9.89. The molecular weight excluding hydrogens is 366 g/mol. The molecule has 1 fully saturated rings. The number of hydrogen-bond acceptors (Lipinski definition) is 5. The average molecular weight is 391 g/mol. The summed E-state index contributed by atoms with van der Waals surface area (Å²) in [6, 6.07) is 1.25. The van der Waals surface area contributed by atoms with Crippen LogP contribution in [0.3, 0.4) is 0 Å². The number of carbonyl (C=O) groups excluding carboxylic acids is 2. The summed E-state index contributed by atoms with van der Waals surface area (Å²) in [5, 5.41) is 0. The van der Waals surface area contributed by atoms with Gasteiger partial charge in [0.1, 0.15) is 11.3 Å². The van der Waals surface area contributed by atoms with Gasteiger partial charge in [-0.1, -0.05) is 0 Å². The molecule has 1 unspecified atom stereocenters. The number of imide groups is 1. The van der Waals surface area contributed by atoms with Crippen LogP contribution in [0.25, 0.3) is 5.65 Å². The Balaban J connectivity index is 1.98. The molecule has 1 aliphatic heterocycles. The second kappa shape index (κ2) is 6.81. The highest BCUT2D eigenvalue weighted by molar-refractivity contribution is 7.90. The number of aryl methyl sites for hydroxylation is 1. The molecule has 0 aromatic carbocycles. The van der Waals surface area contributed by atoms with Crippen molar-refractivity contribution in [2.45, 2.75) is 45.4 Å². The molecule has 3 heterocycles. The van der Waals surface area contributed by atoms with Crippen molar-refractivity contribution < 1.29 is 14.1 Å². The van der Waals surface area contributed by atoms with E-state index in [-0.39, 0.29) is 29.3 Å². The third kappa shape index (κ3) is 3.67. The monoisotopic (exact) mass is 391 g/mol. The predicted octanol–water partition coefficient (Wildman–Crippen LogP) is 2.15. The summed E-state index contributed by atoms with van der Waals surface area (Å²) < 4.78 is 16.9. The minimum Gasteiger partial charge on any atom is -0.598 e. The highest BCUT2D eigenvalue weighted by Gasteiger charge is 2.36. The lowest BCUT2D eigenvalue weighted by molar-refractivity contribution is -0.123. The van der Waals surface area contributed by atoms with Crippen LogP contribution >= 0.6 is 0 Å². The fourth-order valence-electron chi connectivity index (χ4n) is 2.83. The molecule has 3 rings (SSSR count). The van der Waals surface area contributed by atoms with E-state index in [1.807, 2.05) is 57.5 Å². The molecule has 1 aliphatic rings. The molecule has 0 saturated carbocycles. The Morgan fingerprint density at radius 3 is 2.52 bits per heavy atom. The number of hydrogen-bond donors (Lipinski definition) is 1. The van der Waals surface area contributed by atoms with E-state index in [2.05, 4.69) is 9.71 Å². The summed E-state index contributed by atoms with van der Waals surface area (Å²) >= 11 is -1.23. The Morgan fingerprint density at radius 1 is 1.30 bits per heavy atom. The lowest BCUT2D eigenvalue weighted by Crippen LogP contribution is -2.40. The van der Waals surface area contributed by atoms with E-state index >= 15 is 0 Å². The van der Waals surface area contributed by atoms with E-state index in [0.717, 1.165) is 10.5 Å². The van der Waals surface area contributed by atoms with Crippen molar-refractivity contribution in [3.63, 3.8) is 0 Å². The van der Waals surface area contributed by atoms with Crippen LogP contribution in [0.15, 0.2) is 18.5 Å². The standard InChI is InChI=1S/C18H25N5O3S/c1-11-7-14(23-10-15(24)21(6)17(23)25)16-19-13(9-22(16)8-11)12(2)20-27(26)18(3,4)5/h7-9,12,20H,10H2,1-6H3/t12-,27?/m1/s1. The van der Waals surface area contributed by atoms with Gasteiger partial charge in [0.25, 0.3) is 0 Å². The SMILES string of the molecule is Cc1cc(N2CC(=O)N(C)C2=O)c2nc([C@@H](C)N[S+]([O-])C(C)(C)C)cn2c1. The van der Waals surface area contributed by atoms with Gasteiger partial charge >= 0.3 is 6.03 Å². The van der Waals surface area contributed by atoms with Crippen molar-refractivity contribution in [2.75, 3.05) is 18.5 Å². The second-order valence-electron chi connectivity index (χ2n) is 7.84. The number of carbonyl (C=O) groups is 2. The van der Waals surface area contributed by atoms with E-state index in [1.165, 1.54) is 11.9 Å². The zero-order valence-electron chi connectivity index (χ0n) is 16.4. The molecule has 1 saturated heterocycles. The minimum atomic E-state index is -1.23. The topological polar surface area (TPSA) is 93.0 Å². The second-order valence-corrected chi connectivity index (χ2v) is 9.84. The van der Waals surface area contributed by atoms with Crippen LogP contribution < -0.4 is 9.62 Å². The molecule has 146 valence electrons.